The molecule has 0 radical (unpaired) electrons. The molecule has 0 amide bonds. The third kappa shape index (κ3) is 2.97. The van der Waals surface area contributed by atoms with Crippen LogP contribution in [-0.4, -0.2) is 32.6 Å². The highest BCUT2D eigenvalue weighted by atomic mass is 16.5. The van der Waals surface area contributed by atoms with Crippen molar-refractivity contribution in [3.05, 3.63) is 72.8 Å². The van der Waals surface area contributed by atoms with Gasteiger partial charge in [-0.25, -0.2) is 0 Å². The van der Waals surface area contributed by atoms with Gasteiger partial charge in [-0.2, -0.15) is 0 Å². The first-order valence-electron chi connectivity index (χ1n) is 10.9. The Balaban J connectivity index is 1.82. The number of phenolic OH excluding ortho intramolecular Hbond substituents is 5. The average molecular weight is 464 g/mol. The molecule has 6 nitrogen and oxygen atoms in total. The summed E-state index contributed by atoms with van der Waals surface area (Å²) in [6, 6.07) is 20.4. The van der Waals surface area contributed by atoms with Crippen LogP contribution < -0.4 is 4.74 Å². The Morgan fingerprint density at radius 1 is 0.486 bits per heavy atom. The molecule has 0 saturated heterocycles. The van der Waals surface area contributed by atoms with Crippen molar-refractivity contribution in [2.24, 2.45) is 0 Å². The Hall–Kier alpha value is -4.84. The Morgan fingerprint density at radius 3 is 1.51 bits per heavy atom. The molecule has 0 bridgehead atoms. The lowest BCUT2D eigenvalue weighted by Gasteiger charge is -2.18. The van der Waals surface area contributed by atoms with Crippen molar-refractivity contribution in [1.82, 2.24) is 0 Å². The molecule has 5 N–H and O–H groups in total. The zero-order chi connectivity index (χ0) is 24.4. The van der Waals surface area contributed by atoms with E-state index in [1.807, 2.05) is 12.1 Å². The van der Waals surface area contributed by atoms with Crippen LogP contribution in [0.4, 0.5) is 0 Å². The molecule has 0 fully saturated rings. The second-order valence-corrected chi connectivity index (χ2v) is 8.55. The summed E-state index contributed by atoms with van der Waals surface area (Å²) in [7, 11) is 1.45. The zero-order valence-electron chi connectivity index (χ0n) is 18.6. The average Bonchev–Trinajstić information content (AvgIpc) is 2.84. The van der Waals surface area contributed by atoms with Gasteiger partial charge in [0.15, 0.2) is 23.0 Å². The molecule has 172 valence electrons. The summed E-state index contributed by atoms with van der Waals surface area (Å²) < 4.78 is 5.48. The number of aromatic hydroxyl groups is 5. The van der Waals surface area contributed by atoms with E-state index < -0.39 is 0 Å². The van der Waals surface area contributed by atoms with Crippen molar-refractivity contribution < 1.29 is 30.3 Å². The maximum atomic E-state index is 11.3. The van der Waals surface area contributed by atoms with Crippen molar-refractivity contribution in [1.29, 1.82) is 0 Å². The van der Waals surface area contributed by atoms with E-state index in [2.05, 4.69) is 0 Å². The van der Waals surface area contributed by atoms with Crippen molar-refractivity contribution in [3.63, 3.8) is 0 Å². The zero-order valence-corrected chi connectivity index (χ0v) is 18.6. The maximum Gasteiger partial charge on any atom is 0.166 e. The fourth-order valence-electron chi connectivity index (χ4n) is 5.00. The number of ether oxygens (including phenoxy) is 1. The van der Waals surface area contributed by atoms with Crippen LogP contribution in [0, 0.1) is 0 Å². The lowest BCUT2D eigenvalue weighted by molar-refractivity contribution is 0.375. The molecule has 0 aliphatic rings. The molecule has 0 aromatic heterocycles. The van der Waals surface area contributed by atoms with Crippen molar-refractivity contribution in [3.8, 4) is 45.6 Å². The molecule has 0 heterocycles. The van der Waals surface area contributed by atoms with E-state index in [4.69, 9.17) is 4.74 Å². The van der Waals surface area contributed by atoms with Crippen LogP contribution in [0.1, 0.15) is 0 Å². The monoisotopic (exact) mass is 464 g/mol. The summed E-state index contributed by atoms with van der Waals surface area (Å²) in [6.45, 7) is 0. The topological polar surface area (TPSA) is 110 Å². The predicted molar refractivity (Wildman–Crippen MR) is 137 cm³/mol. The van der Waals surface area contributed by atoms with Crippen molar-refractivity contribution >= 4 is 43.1 Å². The van der Waals surface area contributed by atoms with Crippen LogP contribution in [0.2, 0.25) is 0 Å². The number of hydrogen-bond donors (Lipinski definition) is 5. The quantitative estimate of drug-likeness (QED) is 0.148. The number of fused-ring (bicyclic) bond motifs is 6. The van der Waals surface area contributed by atoms with Crippen molar-refractivity contribution in [2.45, 2.75) is 0 Å². The van der Waals surface area contributed by atoms with Gasteiger partial charge >= 0.3 is 0 Å². The number of methoxy groups -OCH3 is 1. The molecular weight excluding hydrogens is 444 g/mol. The number of phenols is 5. The highest BCUT2D eigenvalue weighted by Gasteiger charge is 2.24. The van der Waals surface area contributed by atoms with Gasteiger partial charge in [0.05, 0.1) is 7.11 Å². The Labute approximate surface area is 199 Å². The first kappa shape index (κ1) is 20.7. The van der Waals surface area contributed by atoms with Gasteiger partial charge in [-0.15, -0.1) is 0 Å². The highest BCUT2D eigenvalue weighted by Crippen LogP contribution is 2.52. The minimum atomic E-state index is -0.369. The highest BCUT2D eigenvalue weighted by molar-refractivity contribution is 6.20. The van der Waals surface area contributed by atoms with E-state index in [9.17, 15) is 25.5 Å². The summed E-state index contributed by atoms with van der Waals surface area (Å²) in [5.41, 5.74) is 0.570. The number of rotatable bonds is 2. The van der Waals surface area contributed by atoms with Gasteiger partial charge in [-0.3, -0.25) is 0 Å². The van der Waals surface area contributed by atoms with Gasteiger partial charge in [0.2, 0.25) is 0 Å². The lowest BCUT2D eigenvalue weighted by atomic mass is 9.88. The third-order valence-corrected chi connectivity index (χ3v) is 6.60. The number of hydrogen-bond acceptors (Lipinski definition) is 6. The minimum absolute atomic E-state index is 0.120. The summed E-state index contributed by atoms with van der Waals surface area (Å²) >= 11 is 0. The molecule has 6 heteroatoms. The molecule has 0 aliphatic carbocycles. The predicted octanol–water partition coefficient (Wildman–Crippen LogP) is 6.50. The molecule has 0 atom stereocenters. The van der Waals surface area contributed by atoms with E-state index in [1.165, 1.54) is 13.2 Å². The minimum Gasteiger partial charge on any atom is -0.508 e. The van der Waals surface area contributed by atoms with Crippen LogP contribution >= 0.6 is 0 Å². The van der Waals surface area contributed by atoms with Gasteiger partial charge < -0.3 is 30.3 Å². The standard InChI is InChI=1S/C29H20O6/c1-35-25-13-23-19-9-5-17(31)11-15(19)3-7-21(23)27(29(25)34)26-20-6-2-14-10-16(30)4-8-18(14)22(20)12-24(32)28(26)33/h2-13,30-34H,1H3. The number of benzene rings is 6. The fraction of sp³-hybridized carbons (Fsp3) is 0.0345. The van der Waals surface area contributed by atoms with E-state index in [0.29, 0.717) is 21.7 Å². The van der Waals surface area contributed by atoms with E-state index in [-0.39, 0.29) is 40.1 Å². The molecular formula is C29H20O6. The van der Waals surface area contributed by atoms with Gasteiger partial charge in [0.25, 0.3) is 0 Å². The molecule has 0 saturated carbocycles. The van der Waals surface area contributed by atoms with Crippen LogP contribution in [-0.2, 0) is 0 Å². The van der Waals surface area contributed by atoms with Gasteiger partial charge in [-0.05, 0) is 79.5 Å². The van der Waals surface area contributed by atoms with Crippen LogP contribution in [0.25, 0.3) is 54.2 Å². The Kier molecular flexibility index (Phi) is 4.35. The summed E-state index contributed by atoms with van der Waals surface area (Å²) in [5.74, 6) is -0.423. The summed E-state index contributed by atoms with van der Waals surface area (Å²) in [5, 5.41) is 58.7. The molecule has 0 aliphatic heterocycles. The largest absolute Gasteiger partial charge is 0.508 e. The van der Waals surface area contributed by atoms with Gasteiger partial charge in [0, 0.05) is 11.1 Å². The first-order chi connectivity index (χ1) is 16.9. The maximum absolute atomic E-state index is 11.3. The van der Waals surface area contributed by atoms with Crippen molar-refractivity contribution in [2.75, 3.05) is 7.11 Å². The van der Waals surface area contributed by atoms with Crippen LogP contribution in [0.5, 0.6) is 34.5 Å². The Bertz CT molecular complexity index is 1840. The summed E-state index contributed by atoms with van der Waals surface area (Å²) in [4.78, 5) is 0. The fourth-order valence-corrected chi connectivity index (χ4v) is 5.00. The normalized spacial score (nSPS) is 11.6. The Morgan fingerprint density at radius 2 is 0.971 bits per heavy atom. The summed E-state index contributed by atoms with van der Waals surface area (Å²) in [6.07, 6.45) is 0. The smallest absolute Gasteiger partial charge is 0.166 e. The SMILES string of the molecule is COc1cc2c(ccc3cc(O)ccc32)c(-c2c(O)c(O)cc3c2ccc2cc(O)ccc23)c1O. The van der Waals surface area contributed by atoms with Crippen LogP contribution in [0.3, 0.4) is 0 Å². The van der Waals surface area contributed by atoms with Gasteiger partial charge in [0.1, 0.15) is 11.5 Å². The second kappa shape index (κ2) is 7.33. The molecule has 6 aromatic carbocycles. The van der Waals surface area contributed by atoms with Crippen LogP contribution in [0.15, 0.2) is 72.8 Å². The van der Waals surface area contributed by atoms with E-state index >= 15 is 0 Å². The molecule has 6 rings (SSSR count). The molecule has 35 heavy (non-hydrogen) atoms. The lowest BCUT2D eigenvalue weighted by Crippen LogP contribution is -1.92. The first-order valence-corrected chi connectivity index (χ1v) is 10.9. The second-order valence-electron chi connectivity index (χ2n) is 8.55. The molecule has 0 spiro atoms. The molecule has 6 aromatic rings. The van der Waals surface area contributed by atoms with E-state index in [0.717, 1.165) is 26.9 Å². The third-order valence-electron chi connectivity index (χ3n) is 6.60. The van der Waals surface area contributed by atoms with Gasteiger partial charge in [-0.1, -0.05) is 36.4 Å². The molecule has 0 unspecified atom stereocenters. The van der Waals surface area contributed by atoms with E-state index in [1.54, 1.807) is 54.6 Å².